The molecule has 4 aliphatic rings. The van der Waals surface area contributed by atoms with E-state index in [1.165, 1.54) is 35.4 Å². The number of nitrogens with zero attached hydrogens (tertiary/aromatic N) is 1. The molecule has 4 N–H and O–H groups in total. The highest BCUT2D eigenvalue weighted by Crippen LogP contribution is 2.39. The lowest BCUT2D eigenvalue weighted by atomic mass is 9.99. The summed E-state index contributed by atoms with van der Waals surface area (Å²) < 4.78 is 39.7. The summed E-state index contributed by atoms with van der Waals surface area (Å²) in [5.74, 6) is -2.03. The maximum atomic E-state index is 13.2. The van der Waals surface area contributed by atoms with Crippen LogP contribution in [-0.4, -0.2) is 75.4 Å². The van der Waals surface area contributed by atoms with Crippen LogP contribution in [0, 0.1) is 0 Å². The first-order chi connectivity index (χ1) is 24.6. The summed E-state index contributed by atoms with van der Waals surface area (Å²) in [6.45, 7) is 0.772. The van der Waals surface area contributed by atoms with Crippen molar-refractivity contribution in [3.8, 4) is 5.75 Å². The van der Waals surface area contributed by atoms with Crippen molar-refractivity contribution >= 4 is 51.1 Å². The molecule has 2 heterocycles. The van der Waals surface area contributed by atoms with Gasteiger partial charge in [-0.15, -0.1) is 0 Å². The Labute approximate surface area is 294 Å². The molecule has 266 valence electrons. The molecule has 14 nitrogen and oxygen atoms in total. The van der Waals surface area contributed by atoms with Gasteiger partial charge < -0.3 is 20.1 Å². The number of sulfonamides is 1. The molecule has 7 rings (SSSR count). The number of hydrogen-bond donors (Lipinski definition) is 4. The fourth-order valence-corrected chi connectivity index (χ4v) is 8.20. The first-order valence-corrected chi connectivity index (χ1v) is 18.5. The van der Waals surface area contributed by atoms with Crippen LogP contribution >= 0.6 is 0 Å². The molecular formula is C36H37N5O9S. The predicted molar refractivity (Wildman–Crippen MR) is 184 cm³/mol. The van der Waals surface area contributed by atoms with Gasteiger partial charge in [-0.1, -0.05) is 18.2 Å². The van der Waals surface area contributed by atoms with Crippen LogP contribution in [-0.2, 0) is 50.0 Å². The van der Waals surface area contributed by atoms with Gasteiger partial charge in [0.05, 0.1) is 29.2 Å². The van der Waals surface area contributed by atoms with Crippen LogP contribution < -0.4 is 25.4 Å². The number of fused-ring (bicyclic) bond motifs is 3. The summed E-state index contributed by atoms with van der Waals surface area (Å²) in [7, 11) is -4.19. The van der Waals surface area contributed by atoms with Crippen LogP contribution in [0.2, 0.25) is 0 Å². The molecule has 0 bridgehead atoms. The number of nitrogens with one attached hydrogen (secondary N) is 4. The average Bonchev–Trinajstić information content (AvgIpc) is 3.83. The Morgan fingerprint density at radius 1 is 0.863 bits per heavy atom. The average molecular weight is 716 g/mol. The first-order valence-electron chi connectivity index (χ1n) is 17.0. The number of hydrogen-bond acceptors (Lipinski definition) is 10. The molecule has 1 atom stereocenters. The predicted octanol–water partition coefficient (Wildman–Crippen LogP) is 3.08. The van der Waals surface area contributed by atoms with E-state index in [9.17, 15) is 32.4 Å². The zero-order chi connectivity index (χ0) is 35.7. The summed E-state index contributed by atoms with van der Waals surface area (Å²) in [5, 5.41) is 8.13. The number of piperidine rings is 1. The molecule has 1 unspecified atom stereocenters. The molecule has 0 saturated carbocycles. The van der Waals surface area contributed by atoms with E-state index in [0.717, 1.165) is 60.2 Å². The summed E-state index contributed by atoms with van der Waals surface area (Å²) >= 11 is 0. The zero-order valence-electron chi connectivity index (χ0n) is 27.7. The van der Waals surface area contributed by atoms with E-state index in [1.807, 2.05) is 0 Å². The quantitative estimate of drug-likeness (QED) is 0.160. The number of anilines is 2. The highest BCUT2D eigenvalue weighted by Gasteiger charge is 2.45. The lowest BCUT2D eigenvalue weighted by Crippen LogP contribution is -2.54. The molecule has 0 aromatic heterocycles. The molecule has 1 saturated heterocycles. The second kappa shape index (κ2) is 14.2. The second-order valence-electron chi connectivity index (χ2n) is 12.8. The van der Waals surface area contributed by atoms with Crippen LogP contribution in [0.4, 0.5) is 16.2 Å². The van der Waals surface area contributed by atoms with Crippen molar-refractivity contribution in [1.29, 1.82) is 0 Å². The van der Waals surface area contributed by atoms with Gasteiger partial charge in [-0.25, -0.2) is 17.9 Å². The number of amides is 6. The van der Waals surface area contributed by atoms with Gasteiger partial charge >= 0.3 is 6.03 Å². The standard InChI is InChI=1S/C36H37N5O9S/c42-30-14-13-29(33(43)38-30)41-34(44)27-11-4-12-28(31(27)35(41)45)37-15-16-49-17-18-50-23-7-3-8-24(20-23)51(47,48)40-36(46)39-32-25-9-1-5-21(25)19-22-6-2-10-26(22)32/h3-4,7-8,11-12,19-20,29,37H,1-2,5-6,9-10,13-18H2,(H,38,42,43)(H2,39,40,46). The molecule has 51 heavy (non-hydrogen) atoms. The summed E-state index contributed by atoms with van der Waals surface area (Å²) in [5.41, 5.74) is 6.16. The number of carbonyl (C=O) groups is 5. The number of benzene rings is 3. The van der Waals surface area contributed by atoms with E-state index < -0.39 is 45.7 Å². The molecule has 15 heteroatoms. The SMILES string of the molecule is O=C1CCC(N2C(=O)c3cccc(NCCOCCOc4cccc(S(=O)(=O)NC(=O)Nc5c6c(cc7c5CCC7)CCC6)c4)c3C2=O)C(=O)N1. The summed E-state index contributed by atoms with van der Waals surface area (Å²) in [6, 6.07) is 11.0. The number of aryl methyl sites for hydroxylation is 2. The number of imide groups is 2. The zero-order valence-corrected chi connectivity index (χ0v) is 28.5. The van der Waals surface area contributed by atoms with Gasteiger partial charge in [-0.2, -0.15) is 0 Å². The minimum atomic E-state index is -4.19. The molecule has 2 aliphatic carbocycles. The van der Waals surface area contributed by atoms with Crippen molar-refractivity contribution in [3.63, 3.8) is 0 Å². The normalized spacial score (nSPS) is 17.9. The van der Waals surface area contributed by atoms with E-state index in [2.05, 4.69) is 26.7 Å². The van der Waals surface area contributed by atoms with E-state index in [-0.39, 0.29) is 61.0 Å². The largest absolute Gasteiger partial charge is 0.491 e. The lowest BCUT2D eigenvalue weighted by molar-refractivity contribution is -0.136. The third kappa shape index (κ3) is 6.90. The minimum absolute atomic E-state index is 0.0358. The van der Waals surface area contributed by atoms with Crippen LogP contribution in [0.5, 0.6) is 5.75 Å². The molecular weight excluding hydrogens is 678 g/mol. The minimum Gasteiger partial charge on any atom is -0.491 e. The summed E-state index contributed by atoms with van der Waals surface area (Å²) in [4.78, 5) is 63.9. The molecule has 6 amide bonds. The molecule has 2 aliphatic heterocycles. The Morgan fingerprint density at radius 2 is 1.61 bits per heavy atom. The van der Waals surface area contributed by atoms with Crippen molar-refractivity contribution in [1.82, 2.24) is 14.9 Å². The first kappa shape index (κ1) is 34.2. The number of rotatable bonds is 12. The monoisotopic (exact) mass is 715 g/mol. The highest BCUT2D eigenvalue weighted by atomic mass is 32.2. The lowest BCUT2D eigenvalue weighted by Gasteiger charge is -2.27. The fourth-order valence-electron chi connectivity index (χ4n) is 7.26. The van der Waals surface area contributed by atoms with Crippen LogP contribution in [0.1, 0.15) is 68.7 Å². The Balaban J connectivity index is 0.878. The van der Waals surface area contributed by atoms with E-state index in [0.29, 0.717) is 5.69 Å². The smallest absolute Gasteiger partial charge is 0.333 e. The maximum absolute atomic E-state index is 13.2. The van der Waals surface area contributed by atoms with E-state index >= 15 is 0 Å². The Bertz CT molecular complexity index is 2030. The van der Waals surface area contributed by atoms with E-state index in [1.54, 1.807) is 18.2 Å². The Kier molecular flexibility index (Phi) is 9.48. The molecule has 3 aromatic rings. The fraction of sp³-hybridized carbons (Fsp3) is 0.361. The topological polar surface area (TPSA) is 189 Å². The van der Waals surface area contributed by atoms with Crippen LogP contribution in [0.3, 0.4) is 0 Å². The van der Waals surface area contributed by atoms with Crippen molar-refractivity contribution in [2.45, 2.75) is 62.3 Å². The van der Waals surface area contributed by atoms with Gasteiger partial charge in [-0.3, -0.25) is 29.4 Å². The Morgan fingerprint density at radius 3 is 2.35 bits per heavy atom. The van der Waals surface area contributed by atoms with Crippen molar-refractivity contribution < 1.29 is 41.9 Å². The third-order valence-corrected chi connectivity index (χ3v) is 10.9. The van der Waals surface area contributed by atoms with Crippen molar-refractivity contribution in [3.05, 3.63) is 81.9 Å². The number of urea groups is 1. The molecule has 1 fully saturated rings. The molecule has 0 spiro atoms. The van der Waals surface area contributed by atoms with Crippen LogP contribution in [0.25, 0.3) is 0 Å². The van der Waals surface area contributed by atoms with E-state index in [4.69, 9.17) is 9.47 Å². The summed E-state index contributed by atoms with van der Waals surface area (Å²) in [6.07, 6.45) is 5.76. The van der Waals surface area contributed by atoms with Gasteiger partial charge in [0.15, 0.2) is 0 Å². The highest BCUT2D eigenvalue weighted by molar-refractivity contribution is 7.90. The number of ether oxygens (including phenoxy) is 2. The van der Waals surface area contributed by atoms with Crippen molar-refractivity contribution in [2.24, 2.45) is 0 Å². The van der Waals surface area contributed by atoms with Crippen LogP contribution in [0.15, 0.2) is 53.4 Å². The van der Waals surface area contributed by atoms with Gasteiger partial charge in [0, 0.05) is 30.4 Å². The molecule has 3 aromatic carbocycles. The third-order valence-electron chi connectivity index (χ3n) is 9.58. The Hall–Kier alpha value is -5.28. The molecule has 0 radical (unpaired) electrons. The van der Waals surface area contributed by atoms with Gasteiger partial charge in [0.25, 0.3) is 21.8 Å². The second-order valence-corrected chi connectivity index (χ2v) is 14.5. The van der Waals surface area contributed by atoms with Crippen molar-refractivity contribution in [2.75, 3.05) is 37.0 Å². The van der Waals surface area contributed by atoms with Gasteiger partial charge in [0.2, 0.25) is 11.8 Å². The maximum Gasteiger partial charge on any atom is 0.333 e. The van der Waals surface area contributed by atoms with Gasteiger partial charge in [0.1, 0.15) is 18.4 Å². The van der Waals surface area contributed by atoms with Gasteiger partial charge in [-0.05, 0) is 91.5 Å². The number of carbonyl (C=O) groups excluding carboxylic acids is 5.